The number of carbonyl (C=O) groups excluding carboxylic acids is 1. The number of hydrogen-bond donors (Lipinski definition) is 0. The Morgan fingerprint density at radius 2 is 1.94 bits per heavy atom. The molecule has 2 nitrogen and oxygen atoms in total. The molecule has 0 amide bonds. The fourth-order valence-corrected chi connectivity index (χ4v) is 1.35. The molecule has 2 aromatic rings. The molecule has 0 unspecified atom stereocenters. The minimum absolute atomic E-state index is 0.130. The van der Waals surface area contributed by atoms with E-state index in [2.05, 4.69) is 4.98 Å². The van der Waals surface area contributed by atoms with Crippen LogP contribution in [0.2, 0.25) is 0 Å². The van der Waals surface area contributed by atoms with Crippen LogP contribution in [0.3, 0.4) is 0 Å². The summed E-state index contributed by atoms with van der Waals surface area (Å²) >= 11 is 0. The summed E-state index contributed by atoms with van der Waals surface area (Å²) in [6.07, 6.45) is 1.92. The first kappa shape index (κ1) is 10.4. The third-order valence-electron chi connectivity index (χ3n) is 2.15. The molecule has 0 aliphatic rings. The maximum Gasteiger partial charge on any atom is 0.168 e. The monoisotopic (exact) mass is 219 g/mol. The van der Waals surface area contributed by atoms with Gasteiger partial charge in [0.1, 0.15) is 17.3 Å². The third kappa shape index (κ3) is 1.95. The fourth-order valence-electron chi connectivity index (χ4n) is 1.35. The minimum Gasteiger partial charge on any atom is -0.296 e. The van der Waals surface area contributed by atoms with Gasteiger partial charge in [-0.1, -0.05) is 6.07 Å². The largest absolute Gasteiger partial charge is 0.296 e. The van der Waals surface area contributed by atoms with E-state index in [-0.39, 0.29) is 11.3 Å². The summed E-state index contributed by atoms with van der Waals surface area (Å²) in [5.41, 5.74) is 0.813. The van der Waals surface area contributed by atoms with Gasteiger partial charge in [0.25, 0.3) is 0 Å². The van der Waals surface area contributed by atoms with Crippen molar-refractivity contribution < 1.29 is 13.6 Å². The van der Waals surface area contributed by atoms with Crippen molar-refractivity contribution in [2.75, 3.05) is 0 Å². The molecule has 0 N–H and O–H groups in total. The van der Waals surface area contributed by atoms with E-state index < -0.39 is 11.6 Å². The molecule has 16 heavy (non-hydrogen) atoms. The van der Waals surface area contributed by atoms with Crippen molar-refractivity contribution in [1.82, 2.24) is 4.98 Å². The van der Waals surface area contributed by atoms with Crippen molar-refractivity contribution in [3.8, 4) is 11.1 Å². The molecule has 80 valence electrons. The van der Waals surface area contributed by atoms with E-state index in [9.17, 15) is 13.6 Å². The molecule has 1 aromatic carbocycles. The zero-order valence-electron chi connectivity index (χ0n) is 8.15. The molecule has 0 spiro atoms. The standard InChI is InChI=1S/C12H7F2NO/c13-9-2-4-12(14)11(5-9)8-1-3-10(7-16)15-6-8/h1-7H. The first-order valence-electron chi connectivity index (χ1n) is 4.57. The lowest BCUT2D eigenvalue weighted by atomic mass is 10.1. The topological polar surface area (TPSA) is 30.0 Å². The van der Waals surface area contributed by atoms with Crippen molar-refractivity contribution in [3.05, 3.63) is 53.9 Å². The Bertz CT molecular complexity index is 523. The number of rotatable bonds is 2. The SMILES string of the molecule is O=Cc1ccc(-c2cc(F)ccc2F)cn1. The van der Waals surface area contributed by atoms with Crippen LogP contribution in [0.25, 0.3) is 11.1 Å². The average molecular weight is 219 g/mol. The number of nitrogens with zero attached hydrogens (tertiary/aromatic N) is 1. The molecule has 1 aromatic heterocycles. The van der Waals surface area contributed by atoms with Gasteiger partial charge in [-0.2, -0.15) is 0 Å². The molecule has 0 aliphatic carbocycles. The molecule has 1 heterocycles. The van der Waals surface area contributed by atoms with Gasteiger partial charge in [0.2, 0.25) is 0 Å². The molecule has 4 heteroatoms. The molecule has 2 rings (SSSR count). The summed E-state index contributed by atoms with van der Waals surface area (Å²) in [5.74, 6) is -1.04. The third-order valence-corrected chi connectivity index (χ3v) is 2.15. The number of aromatic nitrogens is 1. The molecule has 0 saturated heterocycles. The predicted octanol–water partition coefficient (Wildman–Crippen LogP) is 2.84. The number of aldehydes is 1. The van der Waals surface area contributed by atoms with Crippen LogP contribution >= 0.6 is 0 Å². The zero-order valence-corrected chi connectivity index (χ0v) is 8.15. The van der Waals surface area contributed by atoms with E-state index >= 15 is 0 Å². The second kappa shape index (κ2) is 4.18. The van der Waals surface area contributed by atoms with E-state index in [4.69, 9.17) is 0 Å². The van der Waals surface area contributed by atoms with Gasteiger partial charge in [-0.3, -0.25) is 9.78 Å². The Balaban J connectivity index is 2.49. The van der Waals surface area contributed by atoms with Gasteiger partial charge >= 0.3 is 0 Å². The van der Waals surface area contributed by atoms with Crippen LogP contribution < -0.4 is 0 Å². The van der Waals surface area contributed by atoms with Crippen LogP contribution in [0.5, 0.6) is 0 Å². The van der Waals surface area contributed by atoms with Crippen LogP contribution in [-0.4, -0.2) is 11.3 Å². The van der Waals surface area contributed by atoms with Gasteiger partial charge < -0.3 is 0 Å². The average Bonchev–Trinajstić information content (AvgIpc) is 2.32. The fraction of sp³-hybridized carbons (Fsp3) is 0. The lowest BCUT2D eigenvalue weighted by molar-refractivity contribution is 0.111. The highest BCUT2D eigenvalue weighted by Gasteiger charge is 2.06. The summed E-state index contributed by atoms with van der Waals surface area (Å²) in [6, 6.07) is 6.17. The highest BCUT2D eigenvalue weighted by molar-refractivity contribution is 5.73. The lowest BCUT2D eigenvalue weighted by Crippen LogP contribution is -1.90. The highest BCUT2D eigenvalue weighted by atomic mass is 19.1. The number of hydrogen-bond acceptors (Lipinski definition) is 2. The molecule has 0 fully saturated rings. The number of halogens is 2. The summed E-state index contributed by atoms with van der Waals surface area (Å²) < 4.78 is 26.3. The van der Waals surface area contributed by atoms with Crippen LogP contribution in [-0.2, 0) is 0 Å². The zero-order chi connectivity index (χ0) is 11.5. The Morgan fingerprint density at radius 1 is 1.12 bits per heavy atom. The first-order chi connectivity index (χ1) is 7.70. The van der Waals surface area contributed by atoms with Gasteiger partial charge in [-0.15, -0.1) is 0 Å². The molecule has 0 atom stereocenters. The summed E-state index contributed by atoms with van der Waals surface area (Å²) in [7, 11) is 0. The van der Waals surface area contributed by atoms with Gasteiger partial charge in [0.05, 0.1) is 0 Å². The molecule has 0 radical (unpaired) electrons. The van der Waals surface area contributed by atoms with Gasteiger partial charge in [-0.05, 0) is 24.3 Å². The van der Waals surface area contributed by atoms with Crippen LogP contribution in [0.4, 0.5) is 8.78 Å². The van der Waals surface area contributed by atoms with E-state index in [1.54, 1.807) is 0 Å². The summed E-state index contributed by atoms with van der Waals surface area (Å²) in [4.78, 5) is 14.2. The van der Waals surface area contributed by atoms with E-state index in [0.717, 1.165) is 18.2 Å². The smallest absolute Gasteiger partial charge is 0.168 e. The van der Waals surface area contributed by atoms with Crippen LogP contribution in [0.1, 0.15) is 10.5 Å². The Labute approximate surface area is 90.6 Å². The quantitative estimate of drug-likeness (QED) is 0.727. The van der Waals surface area contributed by atoms with Crippen LogP contribution in [0, 0.1) is 11.6 Å². The lowest BCUT2D eigenvalue weighted by Gasteiger charge is -2.03. The first-order valence-corrected chi connectivity index (χ1v) is 4.57. The maximum absolute atomic E-state index is 13.4. The van der Waals surface area contributed by atoms with E-state index in [1.807, 2.05) is 0 Å². The van der Waals surface area contributed by atoms with E-state index in [1.165, 1.54) is 18.3 Å². The second-order valence-corrected chi connectivity index (χ2v) is 3.21. The van der Waals surface area contributed by atoms with Crippen molar-refractivity contribution in [2.24, 2.45) is 0 Å². The van der Waals surface area contributed by atoms with Crippen molar-refractivity contribution in [3.63, 3.8) is 0 Å². The molecule has 0 bridgehead atoms. The molecule has 0 aliphatic heterocycles. The highest BCUT2D eigenvalue weighted by Crippen LogP contribution is 2.22. The van der Waals surface area contributed by atoms with Crippen LogP contribution in [0.15, 0.2) is 36.5 Å². The Morgan fingerprint density at radius 3 is 2.56 bits per heavy atom. The minimum atomic E-state index is -0.526. The summed E-state index contributed by atoms with van der Waals surface area (Å²) in [5, 5.41) is 0. The van der Waals surface area contributed by atoms with Gasteiger partial charge in [0, 0.05) is 17.3 Å². The number of benzene rings is 1. The predicted molar refractivity (Wildman–Crippen MR) is 55.0 cm³/mol. The second-order valence-electron chi connectivity index (χ2n) is 3.21. The van der Waals surface area contributed by atoms with Crippen molar-refractivity contribution >= 4 is 6.29 Å². The van der Waals surface area contributed by atoms with Gasteiger partial charge in [0.15, 0.2) is 6.29 Å². The van der Waals surface area contributed by atoms with Crippen molar-refractivity contribution in [2.45, 2.75) is 0 Å². The Hall–Kier alpha value is -2.10. The summed E-state index contributed by atoms with van der Waals surface area (Å²) in [6.45, 7) is 0. The number of pyridine rings is 1. The number of carbonyl (C=O) groups is 1. The van der Waals surface area contributed by atoms with Gasteiger partial charge in [-0.25, -0.2) is 8.78 Å². The van der Waals surface area contributed by atoms with E-state index in [0.29, 0.717) is 11.8 Å². The maximum atomic E-state index is 13.4. The molecular weight excluding hydrogens is 212 g/mol. The molecule has 0 saturated carbocycles. The Kier molecular flexibility index (Phi) is 2.72. The normalized spacial score (nSPS) is 10.1. The van der Waals surface area contributed by atoms with Crippen molar-refractivity contribution in [1.29, 1.82) is 0 Å². The molecular formula is C12H7F2NO.